The van der Waals surface area contributed by atoms with Crippen molar-refractivity contribution in [2.45, 2.75) is 82.1 Å². The number of fused-ring (bicyclic) bond motifs is 4. The first-order chi connectivity index (χ1) is 22.1. The van der Waals surface area contributed by atoms with Gasteiger partial charge in [0.25, 0.3) is 11.8 Å². The molecular formula is C35H44N4O6. The van der Waals surface area contributed by atoms with Crippen LogP contribution in [0.2, 0.25) is 0 Å². The van der Waals surface area contributed by atoms with Crippen molar-refractivity contribution in [3.05, 3.63) is 47.5 Å². The Balaban J connectivity index is 0.836. The molecule has 2 aromatic rings. The second-order valence-electron chi connectivity index (χ2n) is 12.2. The van der Waals surface area contributed by atoms with E-state index in [4.69, 9.17) is 18.9 Å². The minimum atomic E-state index is -0.124. The van der Waals surface area contributed by atoms with Crippen LogP contribution in [0.3, 0.4) is 0 Å². The molecule has 4 heterocycles. The second kappa shape index (κ2) is 14.6. The van der Waals surface area contributed by atoms with Crippen molar-refractivity contribution in [1.82, 2.24) is 9.80 Å². The third-order valence-electron chi connectivity index (χ3n) is 9.37. The van der Waals surface area contributed by atoms with Gasteiger partial charge in [0.15, 0.2) is 0 Å². The lowest BCUT2D eigenvalue weighted by Gasteiger charge is -2.23. The summed E-state index contributed by atoms with van der Waals surface area (Å²) in [5, 5.41) is 0. The van der Waals surface area contributed by atoms with Gasteiger partial charge in [0, 0.05) is 50.9 Å². The van der Waals surface area contributed by atoms with Crippen LogP contribution in [0.25, 0.3) is 0 Å². The SMILES string of the molecule is COc1ccc2c(c1)N=C[C@H]1C(OCCCCCCCCCOC3CCN4C(=O)c5ccc(OC)cc5N=C[C@@H]34)CCN1C2=O. The molecule has 240 valence electrons. The smallest absolute Gasteiger partial charge is 0.256 e. The average Bonchev–Trinajstić information content (AvgIpc) is 3.60. The lowest BCUT2D eigenvalue weighted by atomic mass is 10.1. The Kier molecular flexibility index (Phi) is 10.1. The quantitative estimate of drug-likeness (QED) is 0.250. The van der Waals surface area contributed by atoms with Crippen molar-refractivity contribution in [3.8, 4) is 11.5 Å². The number of amides is 2. The zero-order valence-electron chi connectivity index (χ0n) is 26.4. The first-order valence-electron chi connectivity index (χ1n) is 16.4. The molecule has 6 rings (SSSR count). The lowest BCUT2D eigenvalue weighted by molar-refractivity contribution is 0.0398. The van der Waals surface area contributed by atoms with E-state index in [0.717, 1.165) is 38.5 Å². The fourth-order valence-corrected chi connectivity index (χ4v) is 6.80. The van der Waals surface area contributed by atoms with Crippen LogP contribution in [0.1, 0.15) is 78.5 Å². The van der Waals surface area contributed by atoms with Crippen molar-refractivity contribution < 1.29 is 28.5 Å². The number of rotatable bonds is 14. The average molecular weight is 617 g/mol. The number of unbranched alkanes of at least 4 members (excludes halogenated alkanes) is 6. The molecule has 10 heteroatoms. The third kappa shape index (κ3) is 6.92. The zero-order chi connectivity index (χ0) is 31.2. The Labute approximate surface area is 265 Å². The minimum absolute atomic E-state index is 0.0117. The molecule has 0 N–H and O–H groups in total. The summed E-state index contributed by atoms with van der Waals surface area (Å²) in [5.41, 5.74) is 2.54. The van der Waals surface area contributed by atoms with E-state index in [0.29, 0.717) is 60.3 Å². The molecule has 2 amide bonds. The molecule has 0 aliphatic carbocycles. The Morgan fingerprint density at radius 1 is 0.644 bits per heavy atom. The van der Waals surface area contributed by atoms with Crippen LogP contribution in [0, 0.1) is 0 Å². The van der Waals surface area contributed by atoms with Crippen LogP contribution in [-0.2, 0) is 9.47 Å². The maximum absolute atomic E-state index is 13.1. The van der Waals surface area contributed by atoms with E-state index in [1.165, 1.54) is 19.3 Å². The van der Waals surface area contributed by atoms with Gasteiger partial charge in [-0.25, -0.2) is 0 Å². The van der Waals surface area contributed by atoms with Crippen molar-refractivity contribution in [2.75, 3.05) is 40.5 Å². The number of ether oxygens (including phenoxy) is 4. The van der Waals surface area contributed by atoms with Gasteiger partial charge in [0.2, 0.25) is 0 Å². The molecule has 0 radical (unpaired) electrons. The Morgan fingerprint density at radius 3 is 1.49 bits per heavy atom. The molecule has 0 aromatic heterocycles. The molecule has 2 aromatic carbocycles. The predicted molar refractivity (Wildman–Crippen MR) is 173 cm³/mol. The van der Waals surface area contributed by atoms with Crippen molar-refractivity contribution in [2.24, 2.45) is 9.98 Å². The molecule has 0 saturated carbocycles. The van der Waals surface area contributed by atoms with Crippen molar-refractivity contribution in [1.29, 1.82) is 0 Å². The highest BCUT2D eigenvalue weighted by Crippen LogP contribution is 2.34. The van der Waals surface area contributed by atoms with Gasteiger partial charge in [-0.3, -0.25) is 19.6 Å². The normalized spacial score (nSPS) is 23.3. The summed E-state index contributed by atoms with van der Waals surface area (Å²) < 4.78 is 23.1. The van der Waals surface area contributed by atoms with Gasteiger partial charge in [-0.2, -0.15) is 0 Å². The van der Waals surface area contributed by atoms with Crippen LogP contribution in [0.4, 0.5) is 11.4 Å². The highest BCUT2D eigenvalue weighted by atomic mass is 16.5. The number of carbonyl (C=O) groups excluding carboxylic acids is 2. The van der Waals surface area contributed by atoms with Gasteiger partial charge in [-0.05, 0) is 49.9 Å². The van der Waals surface area contributed by atoms with Gasteiger partial charge in [-0.15, -0.1) is 0 Å². The number of hydrogen-bond acceptors (Lipinski definition) is 8. The lowest BCUT2D eigenvalue weighted by Crippen LogP contribution is -2.40. The van der Waals surface area contributed by atoms with E-state index in [1.54, 1.807) is 26.4 Å². The summed E-state index contributed by atoms with van der Waals surface area (Å²) in [5.74, 6) is 1.41. The Bertz CT molecular complexity index is 1320. The maximum Gasteiger partial charge on any atom is 0.256 e. The molecule has 2 saturated heterocycles. The number of aliphatic imine (C=N–C) groups is 2. The topological polar surface area (TPSA) is 102 Å². The van der Waals surface area contributed by atoms with Crippen molar-refractivity contribution >= 4 is 35.6 Å². The fraction of sp³-hybridized carbons (Fsp3) is 0.543. The highest BCUT2D eigenvalue weighted by Gasteiger charge is 2.40. The molecule has 4 aliphatic heterocycles. The summed E-state index contributed by atoms with van der Waals surface area (Å²) >= 11 is 0. The molecule has 2 fully saturated rings. The first-order valence-corrected chi connectivity index (χ1v) is 16.4. The van der Waals surface area contributed by atoms with E-state index in [1.807, 2.05) is 46.5 Å². The summed E-state index contributed by atoms with van der Waals surface area (Å²) in [6, 6.07) is 10.6. The Morgan fingerprint density at radius 2 is 1.07 bits per heavy atom. The number of carbonyl (C=O) groups is 2. The van der Waals surface area contributed by atoms with Crippen LogP contribution in [0.5, 0.6) is 11.5 Å². The molecule has 4 aliphatic rings. The minimum Gasteiger partial charge on any atom is -0.497 e. The van der Waals surface area contributed by atoms with Crippen LogP contribution in [-0.4, -0.2) is 98.9 Å². The zero-order valence-corrected chi connectivity index (χ0v) is 26.4. The fourth-order valence-electron chi connectivity index (χ4n) is 6.80. The molecule has 10 nitrogen and oxygen atoms in total. The van der Waals surface area contributed by atoms with Gasteiger partial charge >= 0.3 is 0 Å². The summed E-state index contributed by atoms with van der Waals surface area (Å²) in [6.45, 7) is 2.78. The summed E-state index contributed by atoms with van der Waals surface area (Å²) in [4.78, 5) is 39.3. The van der Waals surface area contributed by atoms with Crippen LogP contribution in [0.15, 0.2) is 46.4 Å². The largest absolute Gasteiger partial charge is 0.497 e. The summed E-state index contributed by atoms with van der Waals surface area (Å²) in [7, 11) is 3.23. The number of methoxy groups -OCH3 is 2. The van der Waals surface area contributed by atoms with E-state index >= 15 is 0 Å². The molecule has 2 unspecified atom stereocenters. The second-order valence-corrected chi connectivity index (χ2v) is 12.2. The van der Waals surface area contributed by atoms with E-state index in [2.05, 4.69) is 9.98 Å². The molecule has 0 spiro atoms. The monoisotopic (exact) mass is 616 g/mol. The maximum atomic E-state index is 13.1. The van der Waals surface area contributed by atoms with Gasteiger partial charge in [-0.1, -0.05) is 32.1 Å². The Hall–Kier alpha value is -3.76. The molecule has 0 bridgehead atoms. The van der Waals surface area contributed by atoms with Gasteiger partial charge < -0.3 is 28.7 Å². The third-order valence-corrected chi connectivity index (χ3v) is 9.37. The van der Waals surface area contributed by atoms with Gasteiger partial charge in [0.05, 0.1) is 61.0 Å². The standard InChI is InChI=1S/C35H44N4O6/c1-42-24-10-12-26-28(20-24)36-22-30-32(14-16-38(30)34(26)40)44-18-8-6-4-3-5-7-9-19-45-33-15-17-39-31(33)23-37-29-21-25(43-2)11-13-27(29)35(39)41/h10-13,20-23,30-33H,3-9,14-19H2,1-2H3/t30-,31-,32?,33?/m0/s1. The molecular weight excluding hydrogens is 572 g/mol. The molecule has 45 heavy (non-hydrogen) atoms. The number of benzene rings is 2. The van der Waals surface area contributed by atoms with E-state index < -0.39 is 0 Å². The van der Waals surface area contributed by atoms with Crippen LogP contribution >= 0.6 is 0 Å². The van der Waals surface area contributed by atoms with E-state index in [9.17, 15) is 9.59 Å². The molecule has 4 atom stereocenters. The van der Waals surface area contributed by atoms with Crippen LogP contribution < -0.4 is 9.47 Å². The number of nitrogens with zero attached hydrogens (tertiary/aromatic N) is 4. The predicted octanol–water partition coefficient (Wildman–Crippen LogP) is 5.77. The summed E-state index contributed by atoms with van der Waals surface area (Å²) in [6.07, 6.45) is 13.3. The first kappa shape index (κ1) is 31.2. The number of hydrogen-bond donors (Lipinski definition) is 0. The van der Waals surface area contributed by atoms with Crippen molar-refractivity contribution in [3.63, 3.8) is 0 Å². The highest BCUT2D eigenvalue weighted by molar-refractivity contribution is 6.04. The van der Waals surface area contributed by atoms with E-state index in [-0.39, 0.29) is 36.1 Å². The van der Waals surface area contributed by atoms with Gasteiger partial charge in [0.1, 0.15) is 11.5 Å².